The van der Waals surface area contributed by atoms with Gasteiger partial charge in [-0.15, -0.1) is 0 Å². The summed E-state index contributed by atoms with van der Waals surface area (Å²) in [6.07, 6.45) is -0.625. The molecule has 5 aromatic rings. The van der Waals surface area contributed by atoms with Crippen molar-refractivity contribution >= 4 is 40.1 Å². The Balaban J connectivity index is 0.000000591. The number of carboxylic acid groups (broad SMARTS) is 1. The summed E-state index contributed by atoms with van der Waals surface area (Å²) >= 11 is 12.8. The van der Waals surface area contributed by atoms with Gasteiger partial charge in [-0.3, -0.25) is 4.79 Å². The van der Waals surface area contributed by atoms with Crippen molar-refractivity contribution in [3.63, 3.8) is 0 Å². The molecule has 0 amide bonds. The molecule has 0 saturated carbocycles. The fraction of sp³-hybridized carbons (Fsp3) is 0.242. The van der Waals surface area contributed by atoms with Gasteiger partial charge in [-0.1, -0.05) is 60.5 Å². The van der Waals surface area contributed by atoms with Gasteiger partial charge in [0.05, 0.1) is 23.7 Å². The second-order valence-electron chi connectivity index (χ2n) is 10.3. The zero-order valence-electron chi connectivity index (χ0n) is 24.8. The summed E-state index contributed by atoms with van der Waals surface area (Å²) in [5, 5.41) is 9.36. The molecule has 12 heteroatoms. The van der Waals surface area contributed by atoms with E-state index in [1.54, 1.807) is 24.0 Å². The minimum absolute atomic E-state index is 0.0857. The number of hydrogen-bond acceptors (Lipinski definition) is 4. The maximum atomic E-state index is 13.0. The Bertz CT molecular complexity index is 1900. The number of aryl methyl sites for hydroxylation is 2. The van der Waals surface area contributed by atoms with Gasteiger partial charge in [-0.2, -0.15) is 13.2 Å². The van der Waals surface area contributed by atoms with Crippen molar-refractivity contribution in [3.8, 4) is 11.1 Å². The fourth-order valence-electron chi connectivity index (χ4n) is 5.14. The molecule has 0 fully saturated rings. The number of carbonyl (C=O) groups is 1. The molecule has 0 aliphatic heterocycles. The summed E-state index contributed by atoms with van der Waals surface area (Å²) in [7, 11) is 3.76. The number of fused-ring (bicyclic) bond motifs is 1. The molecular formula is C33H30Cl2F3N3O4. The number of hydrogen-bond donors (Lipinski definition) is 1. The standard InChI is InChI=1S/C31H29Cl2N3O2.C2HF3O2/c1-5-15-38-31(29-18-34-19-35(29)3,21-9-12-23(32)13-10-21)22-11-14-28-26(16-22)25(17-30(37)36(28)4)24-7-6-8-27(33)20(24)2;3-2(4,5)1(6)7/h6-14,16-19H,5,15H2,1-4H3;(H,6,7). The van der Waals surface area contributed by atoms with Crippen LogP contribution in [0.15, 0.2) is 84.0 Å². The zero-order valence-corrected chi connectivity index (χ0v) is 26.3. The number of carboxylic acids is 1. The van der Waals surface area contributed by atoms with Crippen molar-refractivity contribution in [3.05, 3.63) is 122 Å². The normalized spacial score (nSPS) is 12.8. The van der Waals surface area contributed by atoms with Gasteiger partial charge >= 0.3 is 12.1 Å². The third kappa shape index (κ3) is 6.78. The van der Waals surface area contributed by atoms with Gasteiger partial charge in [-0.05, 0) is 71.5 Å². The van der Waals surface area contributed by atoms with Gasteiger partial charge in [-0.25, -0.2) is 9.78 Å². The summed E-state index contributed by atoms with van der Waals surface area (Å²) in [6, 6.07) is 21.4. The largest absolute Gasteiger partial charge is 0.490 e. The van der Waals surface area contributed by atoms with E-state index in [0.717, 1.165) is 50.8 Å². The van der Waals surface area contributed by atoms with Gasteiger partial charge in [0.25, 0.3) is 5.56 Å². The minimum atomic E-state index is -5.08. The van der Waals surface area contributed by atoms with Gasteiger partial charge in [0.1, 0.15) is 0 Å². The van der Waals surface area contributed by atoms with Crippen LogP contribution in [-0.4, -0.2) is 38.0 Å². The van der Waals surface area contributed by atoms with Crippen LogP contribution >= 0.6 is 23.2 Å². The van der Waals surface area contributed by atoms with Crippen LogP contribution in [0.3, 0.4) is 0 Å². The molecule has 0 spiro atoms. The minimum Gasteiger partial charge on any atom is -0.475 e. The first-order chi connectivity index (χ1) is 21.2. The molecule has 1 atom stereocenters. The Kier molecular flexibility index (Phi) is 10.1. The maximum Gasteiger partial charge on any atom is 0.490 e. The molecule has 0 saturated heterocycles. The zero-order chi connectivity index (χ0) is 33.1. The second kappa shape index (κ2) is 13.5. The Morgan fingerprint density at radius 3 is 2.20 bits per heavy atom. The van der Waals surface area contributed by atoms with E-state index in [1.165, 1.54) is 0 Å². The number of halogens is 5. The summed E-state index contributed by atoms with van der Waals surface area (Å²) in [5.41, 5.74) is 5.19. The molecule has 0 radical (unpaired) electrons. The lowest BCUT2D eigenvalue weighted by Gasteiger charge is -2.36. The Morgan fingerprint density at radius 1 is 0.978 bits per heavy atom. The lowest BCUT2D eigenvalue weighted by molar-refractivity contribution is -0.192. The molecule has 2 aromatic heterocycles. The van der Waals surface area contributed by atoms with Crippen LogP contribution in [0.5, 0.6) is 0 Å². The molecule has 0 bridgehead atoms. The molecule has 5 rings (SSSR count). The van der Waals surface area contributed by atoms with E-state index in [1.807, 2.05) is 79.3 Å². The average molecular weight is 661 g/mol. The molecular weight excluding hydrogens is 630 g/mol. The van der Waals surface area contributed by atoms with Gasteiger partial charge in [0.2, 0.25) is 0 Å². The van der Waals surface area contributed by atoms with E-state index in [9.17, 15) is 18.0 Å². The van der Waals surface area contributed by atoms with Crippen LogP contribution in [0.1, 0.15) is 35.7 Å². The van der Waals surface area contributed by atoms with E-state index < -0.39 is 17.7 Å². The van der Waals surface area contributed by atoms with Crippen LogP contribution in [0, 0.1) is 6.92 Å². The van der Waals surface area contributed by atoms with Crippen molar-refractivity contribution in [2.24, 2.45) is 14.1 Å². The van der Waals surface area contributed by atoms with E-state index in [4.69, 9.17) is 37.8 Å². The summed E-state index contributed by atoms with van der Waals surface area (Å²) in [5.74, 6) is -2.76. The molecule has 0 aliphatic carbocycles. The smallest absolute Gasteiger partial charge is 0.475 e. The highest BCUT2D eigenvalue weighted by Gasteiger charge is 2.40. The van der Waals surface area contributed by atoms with Gasteiger partial charge in [0.15, 0.2) is 5.60 Å². The first-order valence-corrected chi connectivity index (χ1v) is 14.5. The lowest BCUT2D eigenvalue weighted by atomic mass is 9.82. The number of aromatic nitrogens is 3. The number of nitrogens with zero attached hydrogens (tertiary/aromatic N) is 3. The predicted octanol–water partition coefficient (Wildman–Crippen LogP) is 7.91. The molecule has 0 aliphatic rings. The van der Waals surface area contributed by atoms with Gasteiger partial charge < -0.3 is 19.0 Å². The average Bonchev–Trinajstić information content (AvgIpc) is 3.43. The predicted molar refractivity (Wildman–Crippen MR) is 169 cm³/mol. The number of imidazole rings is 1. The highest BCUT2D eigenvalue weighted by molar-refractivity contribution is 6.31. The van der Waals surface area contributed by atoms with Crippen molar-refractivity contribution in [1.82, 2.24) is 14.1 Å². The van der Waals surface area contributed by atoms with Crippen LogP contribution in [0.25, 0.3) is 22.0 Å². The first-order valence-electron chi connectivity index (χ1n) is 13.8. The number of benzene rings is 3. The topological polar surface area (TPSA) is 86.4 Å². The van der Waals surface area contributed by atoms with E-state index in [0.29, 0.717) is 16.7 Å². The monoisotopic (exact) mass is 659 g/mol. The molecule has 1 N–H and O–H groups in total. The molecule has 1 unspecified atom stereocenters. The summed E-state index contributed by atoms with van der Waals surface area (Å²) < 4.78 is 42.2. The van der Waals surface area contributed by atoms with E-state index >= 15 is 0 Å². The van der Waals surface area contributed by atoms with Crippen LogP contribution in [0.4, 0.5) is 13.2 Å². The number of pyridine rings is 1. The van der Waals surface area contributed by atoms with Crippen molar-refractivity contribution < 1.29 is 27.8 Å². The van der Waals surface area contributed by atoms with E-state index in [-0.39, 0.29) is 5.56 Å². The highest BCUT2D eigenvalue weighted by Crippen LogP contribution is 2.43. The molecule has 7 nitrogen and oxygen atoms in total. The van der Waals surface area contributed by atoms with Crippen molar-refractivity contribution in [2.75, 3.05) is 6.61 Å². The summed E-state index contributed by atoms with van der Waals surface area (Å²) in [6.45, 7) is 4.59. The Hall–Kier alpha value is -4.12. The SMILES string of the molecule is CCCOC(c1ccc(Cl)cc1)(c1ccc2c(c1)c(-c1cccc(Cl)c1C)cc(=O)n2C)c1cncn1C.O=C(O)C(F)(F)F. The number of aliphatic carboxylic acids is 1. The number of ether oxygens (including phenoxy) is 1. The molecule has 236 valence electrons. The van der Waals surface area contributed by atoms with Crippen LogP contribution in [0.2, 0.25) is 10.0 Å². The van der Waals surface area contributed by atoms with E-state index in [2.05, 4.69) is 18.0 Å². The Labute approximate surface area is 267 Å². The van der Waals surface area contributed by atoms with Crippen molar-refractivity contribution in [2.45, 2.75) is 32.0 Å². The Morgan fingerprint density at radius 2 is 1.62 bits per heavy atom. The lowest BCUT2D eigenvalue weighted by Crippen LogP contribution is -2.35. The third-order valence-electron chi connectivity index (χ3n) is 7.40. The molecule has 2 heterocycles. The number of rotatable bonds is 7. The second-order valence-corrected chi connectivity index (χ2v) is 11.2. The first kappa shape index (κ1) is 33.8. The summed E-state index contributed by atoms with van der Waals surface area (Å²) in [4.78, 5) is 26.3. The quantitative estimate of drug-likeness (QED) is 0.192. The fourth-order valence-corrected chi connectivity index (χ4v) is 5.44. The molecule has 45 heavy (non-hydrogen) atoms. The maximum absolute atomic E-state index is 13.0. The van der Waals surface area contributed by atoms with Crippen LogP contribution in [-0.2, 0) is 29.2 Å². The molecule has 3 aromatic carbocycles. The number of alkyl halides is 3. The van der Waals surface area contributed by atoms with Crippen molar-refractivity contribution in [1.29, 1.82) is 0 Å². The van der Waals surface area contributed by atoms with Gasteiger partial charge in [0, 0.05) is 42.2 Å². The highest BCUT2D eigenvalue weighted by atomic mass is 35.5. The third-order valence-corrected chi connectivity index (χ3v) is 8.07. The van der Waals surface area contributed by atoms with Crippen LogP contribution < -0.4 is 5.56 Å².